The van der Waals surface area contributed by atoms with Crippen molar-refractivity contribution in [2.75, 3.05) is 22.9 Å². The minimum atomic E-state index is -0.00369. The first-order chi connectivity index (χ1) is 12.1. The van der Waals surface area contributed by atoms with E-state index in [1.807, 2.05) is 41.4 Å². The number of para-hydroxylation sites is 1. The van der Waals surface area contributed by atoms with Gasteiger partial charge >= 0.3 is 0 Å². The molecule has 0 saturated carbocycles. The van der Waals surface area contributed by atoms with Crippen LogP contribution in [0.25, 0.3) is 0 Å². The molecule has 2 atom stereocenters. The third kappa shape index (κ3) is 3.01. The van der Waals surface area contributed by atoms with E-state index in [-0.39, 0.29) is 11.9 Å². The number of fused-ring (bicyclic) bond motifs is 1. The van der Waals surface area contributed by atoms with Crippen LogP contribution in [0.4, 0.5) is 11.4 Å². The van der Waals surface area contributed by atoms with Crippen molar-refractivity contribution in [1.29, 1.82) is 0 Å². The van der Waals surface area contributed by atoms with Crippen LogP contribution >= 0.6 is 0 Å². The lowest BCUT2D eigenvalue weighted by atomic mass is 10.00. The highest BCUT2D eigenvalue weighted by Gasteiger charge is 2.31. The number of amides is 1. The Morgan fingerprint density at radius 2 is 2.00 bits per heavy atom. The van der Waals surface area contributed by atoms with E-state index in [4.69, 9.17) is 0 Å². The molecule has 25 heavy (non-hydrogen) atoms. The molecule has 2 aliphatic heterocycles. The molecule has 4 nitrogen and oxygen atoms in total. The van der Waals surface area contributed by atoms with Crippen LogP contribution in [0.1, 0.15) is 42.7 Å². The van der Waals surface area contributed by atoms with E-state index in [9.17, 15) is 4.79 Å². The molecule has 1 amide bonds. The van der Waals surface area contributed by atoms with Gasteiger partial charge in [0.25, 0.3) is 5.91 Å². The predicted molar refractivity (Wildman–Crippen MR) is 101 cm³/mol. The molecule has 2 aliphatic rings. The summed E-state index contributed by atoms with van der Waals surface area (Å²) < 4.78 is 0. The van der Waals surface area contributed by atoms with Gasteiger partial charge in [0, 0.05) is 24.8 Å². The van der Waals surface area contributed by atoms with Crippen LogP contribution in [-0.4, -0.2) is 30.0 Å². The Morgan fingerprint density at radius 1 is 1.16 bits per heavy atom. The fraction of sp³-hybridized carbons (Fsp3) is 0.429. The number of rotatable bonds is 2. The van der Waals surface area contributed by atoms with E-state index in [0.29, 0.717) is 5.69 Å². The molecule has 1 aromatic heterocycles. The smallest absolute Gasteiger partial charge is 0.277 e. The van der Waals surface area contributed by atoms with Gasteiger partial charge in [-0.1, -0.05) is 25.1 Å². The first kappa shape index (κ1) is 16.1. The predicted octanol–water partition coefficient (Wildman–Crippen LogP) is 3.91. The van der Waals surface area contributed by atoms with Gasteiger partial charge in [-0.15, -0.1) is 0 Å². The molecule has 0 N–H and O–H groups in total. The average molecular weight is 335 g/mol. The zero-order valence-corrected chi connectivity index (χ0v) is 15.0. The van der Waals surface area contributed by atoms with Gasteiger partial charge in [0.15, 0.2) is 0 Å². The van der Waals surface area contributed by atoms with Crippen LogP contribution in [-0.2, 0) is 6.42 Å². The zero-order valence-electron chi connectivity index (χ0n) is 15.0. The van der Waals surface area contributed by atoms with Crippen LogP contribution in [0, 0.1) is 5.92 Å². The second-order valence-corrected chi connectivity index (χ2v) is 7.45. The Labute approximate surface area is 149 Å². The molecular formula is C21H25N3O. The number of carbonyl (C=O) groups excluding carboxylic acids is 1. The van der Waals surface area contributed by atoms with Gasteiger partial charge in [-0.05, 0) is 55.9 Å². The number of piperidine rings is 1. The number of hydrogen-bond donors (Lipinski definition) is 0. The molecule has 3 heterocycles. The molecule has 0 bridgehead atoms. The van der Waals surface area contributed by atoms with Gasteiger partial charge in [0.05, 0.1) is 11.9 Å². The molecule has 1 aromatic carbocycles. The summed E-state index contributed by atoms with van der Waals surface area (Å²) in [5.41, 5.74) is 3.91. The van der Waals surface area contributed by atoms with Gasteiger partial charge < -0.3 is 9.80 Å². The highest BCUT2D eigenvalue weighted by atomic mass is 16.2. The van der Waals surface area contributed by atoms with E-state index in [0.717, 1.165) is 36.8 Å². The van der Waals surface area contributed by atoms with E-state index < -0.39 is 0 Å². The minimum Gasteiger partial charge on any atom is -0.370 e. The van der Waals surface area contributed by atoms with Crippen molar-refractivity contribution >= 4 is 17.3 Å². The molecule has 1 saturated heterocycles. The van der Waals surface area contributed by atoms with Gasteiger partial charge in [-0.25, -0.2) is 4.98 Å². The highest BCUT2D eigenvalue weighted by Crippen LogP contribution is 2.33. The average Bonchev–Trinajstić information content (AvgIpc) is 2.97. The lowest BCUT2D eigenvalue weighted by Crippen LogP contribution is -2.36. The van der Waals surface area contributed by atoms with Gasteiger partial charge in [0.1, 0.15) is 5.69 Å². The number of aromatic nitrogens is 1. The maximum absolute atomic E-state index is 13.0. The van der Waals surface area contributed by atoms with Crippen LogP contribution in [0.3, 0.4) is 0 Å². The first-order valence-electron chi connectivity index (χ1n) is 9.26. The van der Waals surface area contributed by atoms with Crippen molar-refractivity contribution in [3.63, 3.8) is 0 Å². The standard InChI is InChI=1S/C21H25N3O/c1-15-6-5-11-23(14-15)18-9-10-19(22-13-18)21(25)24-16(2)12-17-7-3-4-8-20(17)24/h3-4,7-10,13,15-16H,5-6,11-12,14H2,1-2H3. The van der Waals surface area contributed by atoms with Crippen molar-refractivity contribution < 1.29 is 4.79 Å². The van der Waals surface area contributed by atoms with E-state index in [1.165, 1.54) is 18.4 Å². The van der Waals surface area contributed by atoms with Crippen molar-refractivity contribution in [2.45, 2.75) is 39.2 Å². The van der Waals surface area contributed by atoms with Crippen LogP contribution in [0.5, 0.6) is 0 Å². The molecule has 130 valence electrons. The number of carbonyl (C=O) groups is 1. The Morgan fingerprint density at radius 3 is 2.76 bits per heavy atom. The summed E-state index contributed by atoms with van der Waals surface area (Å²) in [6, 6.07) is 12.3. The van der Waals surface area contributed by atoms with Crippen LogP contribution in [0.15, 0.2) is 42.6 Å². The number of pyridine rings is 1. The fourth-order valence-corrected chi connectivity index (χ4v) is 4.12. The molecule has 2 aromatic rings. The number of nitrogens with zero attached hydrogens (tertiary/aromatic N) is 3. The van der Waals surface area contributed by atoms with Crippen LogP contribution < -0.4 is 9.80 Å². The largest absolute Gasteiger partial charge is 0.370 e. The van der Waals surface area contributed by atoms with Crippen LogP contribution in [0.2, 0.25) is 0 Å². The lowest BCUT2D eigenvalue weighted by molar-refractivity contribution is 0.0976. The fourth-order valence-electron chi connectivity index (χ4n) is 4.12. The number of hydrogen-bond acceptors (Lipinski definition) is 3. The molecular weight excluding hydrogens is 310 g/mol. The molecule has 2 unspecified atom stereocenters. The summed E-state index contributed by atoms with van der Waals surface area (Å²) >= 11 is 0. The third-order valence-corrected chi connectivity index (χ3v) is 5.42. The first-order valence-corrected chi connectivity index (χ1v) is 9.26. The summed E-state index contributed by atoms with van der Waals surface area (Å²) in [4.78, 5) is 21.8. The van der Waals surface area contributed by atoms with E-state index in [2.05, 4.69) is 29.8 Å². The van der Waals surface area contributed by atoms with Crippen molar-refractivity contribution in [2.24, 2.45) is 5.92 Å². The lowest BCUT2D eigenvalue weighted by Gasteiger charge is -2.32. The molecule has 4 heteroatoms. The van der Waals surface area contributed by atoms with Gasteiger partial charge in [0.2, 0.25) is 0 Å². The molecule has 0 spiro atoms. The van der Waals surface area contributed by atoms with E-state index >= 15 is 0 Å². The minimum absolute atomic E-state index is 0.00369. The summed E-state index contributed by atoms with van der Waals surface area (Å²) in [5, 5.41) is 0. The Bertz CT molecular complexity index is 771. The molecule has 4 rings (SSSR count). The zero-order chi connectivity index (χ0) is 17.4. The Hall–Kier alpha value is -2.36. The Kier molecular flexibility index (Phi) is 4.20. The maximum Gasteiger partial charge on any atom is 0.277 e. The maximum atomic E-state index is 13.0. The summed E-state index contributed by atoms with van der Waals surface area (Å²) in [7, 11) is 0. The number of benzene rings is 1. The molecule has 0 aliphatic carbocycles. The molecule has 0 radical (unpaired) electrons. The monoisotopic (exact) mass is 335 g/mol. The van der Waals surface area contributed by atoms with Crippen molar-refractivity contribution in [3.8, 4) is 0 Å². The summed E-state index contributed by atoms with van der Waals surface area (Å²) in [6.45, 7) is 6.55. The normalized spacial score (nSPS) is 22.8. The van der Waals surface area contributed by atoms with E-state index in [1.54, 1.807) is 0 Å². The quantitative estimate of drug-likeness (QED) is 0.835. The van der Waals surface area contributed by atoms with Gasteiger partial charge in [-0.3, -0.25) is 4.79 Å². The van der Waals surface area contributed by atoms with Crippen molar-refractivity contribution in [1.82, 2.24) is 4.98 Å². The second-order valence-electron chi connectivity index (χ2n) is 7.45. The molecule has 1 fully saturated rings. The number of anilines is 2. The third-order valence-electron chi connectivity index (χ3n) is 5.42. The van der Waals surface area contributed by atoms with Gasteiger partial charge in [-0.2, -0.15) is 0 Å². The highest BCUT2D eigenvalue weighted by molar-refractivity contribution is 6.06. The summed E-state index contributed by atoms with van der Waals surface area (Å²) in [6.07, 6.45) is 5.29. The topological polar surface area (TPSA) is 36.4 Å². The van der Waals surface area contributed by atoms with Crippen molar-refractivity contribution in [3.05, 3.63) is 53.9 Å². The SMILES string of the molecule is CC1CCCN(c2ccc(C(=O)N3c4ccccc4CC3C)nc2)C1. The summed E-state index contributed by atoms with van der Waals surface area (Å²) in [5.74, 6) is 0.716. The Balaban J connectivity index is 1.55. The second kappa shape index (κ2) is 6.51.